The summed E-state index contributed by atoms with van der Waals surface area (Å²) in [6, 6.07) is 63.2. The number of rotatable bonds is 5. The third-order valence-corrected chi connectivity index (χ3v) is 13.9. The first-order chi connectivity index (χ1) is 22.8. The molecule has 3 nitrogen and oxygen atoms in total. The van der Waals surface area contributed by atoms with E-state index >= 15 is 0 Å². The van der Waals surface area contributed by atoms with Crippen molar-refractivity contribution in [1.82, 2.24) is 4.98 Å². The van der Waals surface area contributed by atoms with Crippen molar-refractivity contribution in [3.8, 4) is 28.5 Å². The maximum absolute atomic E-state index is 9.36. The van der Waals surface area contributed by atoms with Gasteiger partial charge >= 0.3 is 0 Å². The lowest BCUT2D eigenvalue weighted by molar-refractivity contribution is 1.28. The quantitative estimate of drug-likeness (QED) is 0.192. The number of anilines is 3. The molecule has 0 atom stereocenters. The molecule has 46 heavy (non-hydrogen) atoms. The van der Waals surface area contributed by atoms with Gasteiger partial charge in [-0.1, -0.05) is 140 Å². The molecule has 6 aromatic carbocycles. The highest BCUT2D eigenvalue weighted by Crippen LogP contribution is 2.44. The minimum atomic E-state index is -2.70. The van der Waals surface area contributed by atoms with Gasteiger partial charge in [0.05, 0.1) is 16.9 Å². The summed E-state index contributed by atoms with van der Waals surface area (Å²) in [5.74, 6) is 0. The van der Waals surface area contributed by atoms with Crippen LogP contribution in [0.25, 0.3) is 22.4 Å². The van der Waals surface area contributed by atoms with Crippen molar-refractivity contribution in [3.05, 3.63) is 182 Å². The van der Waals surface area contributed by atoms with Gasteiger partial charge in [0.1, 0.15) is 6.07 Å². The first kappa shape index (κ1) is 27.5. The van der Waals surface area contributed by atoms with E-state index in [4.69, 9.17) is 0 Å². The zero-order valence-corrected chi connectivity index (χ0v) is 26.1. The number of pyridine rings is 1. The summed E-state index contributed by atoms with van der Waals surface area (Å²) in [4.78, 5) is 7.13. The number of aromatic nitrogens is 1. The molecule has 0 unspecified atom stereocenters. The molecule has 1 aromatic heterocycles. The highest BCUT2D eigenvalue weighted by molar-refractivity contribution is 7.21. The van der Waals surface area contributed by atoms with Crippen molar-refractivity contribution < 1.29 is 0 Å². The minimum absolute atomic E-state index is 0.549. The van der Waals surface area contributed by atoms with Crippen molar-refractivity contribution in [3.63, 3.8) is 0 Å². The predicted octanol–water partition coefficient (Wildman–Crippen LogP) is 7.45. The molecule has 0 aliphatic carbocycles. The zero-order valence-electron chi connectivity index (χ0n) is 25.1. The second-order valence-corrected chi connectivity index (χ2v) is 15.2. The molecule has 216 valence electrons. The molecule has 1 aliphatic heterocycles. The lowest BCUT2D eigenvalue weighted by Crippen LogP contribution is -2.77. The van der Waals surface area contributed by atoms with Gasteiger partial charge in [-0.15, -0.1) is 0 Å². The van der Waals surface area contributed by atoms with E-state index in [2.05, 4.69) is 168 Å². The molecule has 0 spiro atoms. The molecule has 0 fully saturated rings. The Morgan fingerprint density at radius 3 is 1.48 bits per heavy atom. The predicted molar refractivity (Wildman–Crippen MR) is 192 cm³/mol. The Morgan fingerprint density at radius 1 is 0.457 bits per heavy atom. The Bertz CT molecular complexity index is 2130. The van der Waals surface area contributed by atoms with Crippen LogP contribution < -0.4 is 25.6 Å². The number of fused-ring (bicyclic) bond motifs is 2. The zero-order chi connectivity index (χ0) is 30.9. The fourth-order valence-corrected chi connectivity index (χ4v) is 12.2. The minimum Gasteiger partial charge on any atom is -0.310 e. The Morgan fingerprint density at radius 2 is 0.935 bits per heavy atom. The Hall–Kier alpha value is -6.02. The van der Waals surface area contributed by atoms with Crippen LogP contribution in [0.15, 0.2) is 176 Å². The van der Waals surface area contributed by atoms with Crippen molar-refractivity contribution in [2.24, 2.45) is 0 Å². The van der Waals surface area contributed by atoms with Crippen LogP contribution in [0.2, 0.25) is 0 Å². The van der Waals surface area contributed by atoms with E-state index in [0.29, 0.717) is 5.56 Å². The van der Waals surface area contributed by atoms with Crippen LogP contribution in [-0.4, -0.2) is 13.1 Å². The van der Waals surface area contributed by atoms with Gasteiger partial charge in [-0.25, -0.2) is 0 Å². The Labute approximate surface area is 270 Å². The number of hydrogen-bond donors (Lipinski definition) is 0. The standard InChI is InChI=1S/C42H29N3Si/c43-29-31-27-28-37(44-30-31)35-20-8-7-19-34(35)36-21-9-10-22-38(36)45-39-23-11-13-25-41(39)46(32-15-3-1-4-16-32,33-17-5-2-6-18-33)42-26-14-12-24-40(42)45/h1-28,30H. The van der Waals surface area contributed by atoms with Gasteiger partial charge < -0.3 is 4.90 Å². The van der Waals surface area contributed by atoms with Crippen LogP contribution in [0.3, 0.4) is 0 Å². The van der Waals surface area contributed by atoms with Crippen LogP contribution in [0.1, 0.15) is 5.56 Å². The maximum Gasteiger partial charge on any atom is 0.184 e. The second kappa shape index (κ2) is 11.5. The van der Waals surface area contributed by atoms with E-state index in [1.165, 1.54) is 32.1 Å². The summed E-state index contributed by atoms with van der Waals surface area (Å²) in [5, 5.41) is 14.8. The van der Waals surface area contributed by atoms with Crippen LogP contribution in [0, 0.1) is 11.3 Å². The molecule has 0 bridgehead atoms. The SMILES string of the molecule is N#Cc1ccc(-c2ccccc2-c2ccccc2N2c3ccccc3[Si](c3ccccc3)(c3ccccc3)c3ccccc32)nc1. The number of nitrogens with zero attached hydrogens (tertiary/aromatic N) is 3. The van der Waals surface area contributed by atoms with Gasteiger partial charge in [0.15, 0.2) is 8.07 Å². The van der Waals surface area contributed by atoms with E-state index in [0.717, 1.165) is 28.1 Å². The molecule has 0 N–H and O–H groups in total. The van der Waals surface area contributed by atoms with E-state index < -0.39 is 8.07 Å². The van der Waals surface area contributed by atoms with Crippen molar-refractivity contribution in [2.45, 2.75) is 0 Å². The van der Waals surface area contributed by atoms with Gasteiger partial charge in [0.2, 0.25) is 0 Å². The van der Waals surface area contributed by atoms with Crippen LogP contribution >= 0.6 is 0 Å². The molecular weight excluding hydrogens is 575 g/mol. The summed E-state index contributed by atoms with van der Waals surface area (Å²) >= 11 is 0. The topological polar surface area (TPSA) is 39.9 Å². The molecule has 8 rings (SSSR count). The monoisotopic (exact) mass is 603 g/mol. The van der Waals surface area contributed by atoms with Crippen molar-refractivity contribution in [1.29, 1.82) is 5.26 Å². The number of hydrogen-bond acceptors (Lipinski definition) is 3. The lowest BCUT2D eigenvalue weighted by Gasteiger charge is -2.45. The molecule has 0 amide bonds. The highest BCUT2D eigenvalue weighted by atomic mass is 28.3. The third kappa shape index (κ3) is 4.29. The number of benzene rings is 6. The average Bonchev–Trinajstić information content (AvgIpc) is 3.14. The summed E-state index contributed by atoms with van der Waals surface area (Å²) in [6.07, 6.45) is 1.65. The Balaban J connectivity index is 1.41. The average molecular weight is 604 g/mol. The highest BCUT2D eigenvalue weighted by Gasteiger charge is 2.48. The van der Waals surface area contributed by atoms with Gasteiger partial charge in [0.25, 0.3) is 0 Å². The summed E-state index contributed by atoms with van der Waals surface area (Å²) in [5.41, 5.74) is 8.11. The molecule has 2 heterocycles. The summed E-state index contributed by atoms with van der Waals surface area (Å²) < 4.78 is 0. The smallest absolute Gasteiger partial charge is 0.184 e. The summed E-state index contributed by atoms with van der Waals surface area (Å²) in [6.45, 7) is 0. The molecule has 0 saturated carbocycles. The van der Waals surface area contributed by atoms with E-state index in [-0.39, 0.29) is 0 Å². The fraction of sp³-hybridized carbons (Fsp3) is 0. The van der Waals surface area contributed by atoms with Crippen LogP contribution in [0.5, 0.6) is 0 Å². The van der Waals surface area contributed by atoms with Crippen molar-refractivity contribution in [2.75, 3.05) is 4.90 Å². The number of nitriles is 1. The van der Waals surface area contributed by atoms with E-state index in [1.54, 1.807) is 6.20 Å². The molecular formula is C42H29N3Si. The van der Waals surface area contributed by atoms with E-state index in [9.17, 15) is 5.26 Å². The van der Waals surface area contributed by atoms with Crippen molar-refractivity contribution >= 4 is 45.9 Å². The fourth-order valence-electron chi connectivity index (χ4n) is 7.13. The first-order valence-corrected chi connectivity index (χ1v) is 17.5. The Kier molecular flexibility index (Phi) is 6.87. The normalized spacial score (nSPS) is 12.9. The van der Waals surface area contributed by atoms with Gasteiger partial charge in [-0.3, -0.25) is 4.98 Å². The van der Waals surface area contributed by atoms with E-state index in [1.807, 2.05) is 18.2 Å². The van der Waals surface area contributed by atoms with Gasteiger partial charge in [-0.05, 0) is 56.6 Å². The van der Waals surface area contributed by atoms with Crippen LogP contribution in [0.4, 0.5) is 17.1 Å². The molecule has 4 heteroatoms. The number of para-hydroxylation sites is 3. The molecule has 7 aromatic rings. The summed E-state index contributed by atoms with van der Waals surface area (Å²) in [7, 11) is -2.70. The third-order valence-electron chi connectivity index (χ3n) is 9.04. The van der Waals surface area contributed by atoms with Gasteiger partial charge in [0, 0.05) is 28.7 Å². The second-order valence-electron chi connectivity index (χ2n) is 11.5. The first-order valence-electron chi connectivity index (χ1n) is 15.5. The maximum atomic E-state index is 9.36. The molecule has 0 radical (unpaired) electrons. The molecule has 1 aliphatic rings. The largest absolute Gasteiger partial charge is 0.310 e. The van der Waals surface area contributed by atoms with Crippen LogP contribution in [-0.2, 0) is 0 Å². The lowest BCUT2D eigenvalue weighted by atomic mass is 9.95. The van der Waals surface area contributed by atoms with Gasteiger partial charge in [-0.2, -0.15) is 5.26 Å². The molecule has 0 saturated heterocycles.